The number of carbonyl (C=O) groups excluding carboxylic acids is 1. The molecule has 1 N–H and O–H groups in total. The van der Waals surface area contributed by atoms with Crippen molar-refractivity contribution in [2.75, 3.05) is 13.1 Å². The van der Waals surface area contributed by atoms with Crippen molar-refractivity contribution in [3.8, 4) is 11.3 Å². The molecule has 26 heavy (non-hydrogen) atoms. The number of hydrogen-bond acceptors (Lipinski definition) is 5. The third kappa shape index (κ3) is 3.45. The zero-order valence-corrected chi connectivity index (χ0v) is 15.5. The fourth-order valence-electron chi connectivity index (χ4n) is 3.25. The van der Waals surface area contributed by atoms with Crippen molar-refractivity contribution in [2.45, 2.75) is 26.1 Å². The smallest absolute Gasteiger partial charge is 0.286 e. The third-order valence-corrected chi connectivity index (χ3v) is 5.36. The summed E-state index contributed by atoms with van der Waals surface area (Å²) < 4.78 is 5.76. The highest BCUT2D eigenvalue weighted by Gasteiger charge is 2.31. The van der Waals surface area contributed by atoms with Gasteiger partial charge in [0.05, 0.1) is 29.0 Å². The van der Waals surface area contributed by atoms with Crippen LogP contribution >= 0.6 is 11.8 Å². The number of aromatic amines is 1. The van der Waals surface area contributed by atoms with Gasteiger partial charge in [-0.05, 0) is 31.7 Å². The van der Waals surface area contributed by atoms with Gasteiger partial charge >= 0.3 is 0 Å². The van der Waals surface area contributed by atoms with Gasteiger partial charge in [-0.15, -0.1) is 0 Å². The summed E-state index contributed by atoms with van der Waals surface area (Å²) in [5, 5.41) is 7.91. The van der Waals surface area contributed by atoms with E-state index in [4.69, 9.17) is 4.74 Å². The molecule has 2 atom stereocenters. The van der Waals surface area contributed by atoms with Gasteiger partial charge in [-0.2, -0.15) is 10.1 Å². The van der Waals surface area contributed by atoms with Crippen LogP contribution in [0.25, 0.3) is 17.3 Å². The van der Waals surface area contributed by atoms with E-state index in [1.54, 1.807) is 6.20 Å². The lowest BCUT2D eigenvalue weighted by molar-refractivity contribution is -0.113. The molecular weight excluding hydrogens is 348 g/mol. The maximum absolute atomic E-state index is 12.4. The van der Waals surface area contributed by atoms with Gasteiger partial charge in [0.15, 0.2) is 5.17 Å². The number of aliphatic imine (C=N–C) groups is 1. The summed E-state index contributed by atoms with van der Waals surface area (Å²) in [4.78, 5) is 19.4. The standard InChI is InChI=1S/C19H20N4O2S/c1-12-10-23(11-13(2)25-12)19-21-18(24)16(26-19)8-15-9-20-22-17(15)14-6-4-3-5-7-14/h3-9,12-13H,10-11H2,1-2H3,(H,20,22)/b16-8+/t12-,13+. The number of morpholine rings is 1. The summed E-state index contributed by atoms with van der Waals surface area (Å²) in [6.07, 6.45) is 3.86. The minimum absolute atomic E-state index is 0.128. The highest BCUT2D eigenvalue weighted by molar-refractivity contribution is 8.18. The van der Waals surface area contributed by atoms with Gasteiger partial charge in [0, 0.05) is 24.2 Å². The average Bonchev–Trinajstić information content (AvgIpc) is 3.22. The van der Waals surface area contributed by atoms with Crippen LogP contribution in [0.3, 0.4) is 0 Å². The van der Waals surface area contributed by atoms with E-state index in [9.17, 15) is 4.79 Å². The number of aromatic nitrogens is 2. The first kappa shape index (κ1) is 17.1. The molecule has 1 aromatic carbocycles. The molecule has 0 bridgehead atoms. The second-order valence-corrected chi connectivity index (χ2v) is 7.55. The summed E-state index contributed by atoms with van der Waals surface area (Å²) in [7, 11) is 0. The number of amides is 1. The van der Waals surface area contributed by atoms with Gasteiger partial charge < -0.3 is 9.64 Å². The Labute approximate surface area is 156 Å². The highest BCUT2D eigenvalue weighted by Crippen LogP contribution is 2.33. The Morgan fingerprint density at radius 1 is 1.23 bits per heavy atom. The molecule has 1 fully saturated rings. The summed E-state index contributed by atoms with van der Waals surface area (Å²) in [6.45, 7) is 5.58. The quantitative estimate of drug-likeness (QED) is 0.825. The minimum atomic E-state index is -0.197. The molecule has 3 heterocycles. The third-order valence-electron chi connectivity index (χ3n) is 4.32. The first-order valence-electron chi connectivity index (χ1n) is 8.62. The fraction of sp³-hybridized carbons (Fsp3) is 0.316. The number of amidine groups is 1. The Bertz CT molecular complexity index is 865. The minimum Gasteiger partial charge on any atom is -0.372 e. The van der Waals surface area contributed by atoms with Crippen molar-refractivity contribution < 1.29 is 9.53 Å². The number of benzene rings is 1. The second kappa shape index (κ2) is 7.09. The van der Waals surface area contributed by atoms with Gasteiger partial charge in [-0.3, -0.25) is 9.89 Å². The van der Waals surface area contributed by atoms with Crippen LogP contribution in [0.4, 0.5) is 0 Å². The monoisotopic (exact) mass is 368 g/mol. The molecule has 0 radical (unpaired) electrons. The van der Waals surface area contributed by atoms with Crippen molar-refractivity contribution in [3.63, 3.8) is 0 Å². The van der Waals surface area contributed by atoms with E-state index < -0.39 is 0 Å². The van der Waals surface area contributed by atoms with Gasteiger partial charge in [-0.1, -0.05) is 30.3 Å². The van der Waals surface area contributed by atoms with Gasteiger partial charge in [0.25, 0.3) is 5.91 Å². The summed E-state index contributed by atoms with van der Waals surface area (Å²) in [6, 6.07) is 9.95. The molecule has 1 saturated heterocycles. The lowest BCUT2D eigenvalue weighted by Gasteiger charge is -2.35. The normalized spacial score (nSPS) is 25.0. The average molecular weight is 368 g/mol. The summed E-state index contributed by atoms with van der Waals surface area (Å²) >= 11 is 1.42. The van der Waals surface area contributed by atoms with Crippen LogP contribution in [0.5, 0.6) is 0 Å². The largest absolute Gasteiger partial charge is 0.372 e. The highest BCUT2D eigenvalue weighted by atomic mass is 32.2. The van der Waals surface area contributed by atoms with Crippen LogP contribution in [0.1, 0.15) is 19.4 Å². The van der Waals surface area contributed by atoms with E-state index in [-0.39, 0.29) is 18.1 Å². The molecule has 0 unspecified atom stereocenters. The summed E-state index contributed by atoms with van der Waals surface area (Å²) in [5.41, 5.74) is 2.81. The second-order valence-electron chi connectivity index (χ2n) is 6.54. The van der Waals surface area contributed by atoms with Crippen LogP contribution in [-0.4, -0.2) is 51.5 Å². The lowest BCUT2D eigenvalue weighted by Crippen LogP contribution is -2.47. The van der Waals surface area contributed by atoms with Gasteiger partial charge in [-0.25, -0.2) is 0 Å². The predicted molar refractivity (Wildman–Crippen MR) is 104 cm³/mol. The van der Waals surface area contributed by atoms with Crippen molar-refractivity contribution in [2.24, 2.45) is 4.99 Å². The van der Waals surface area contributed by atoms with Crippen LogP contribution in [0.2, 0.25) is 0 Å². The van der Waals surface area contributed by atoms with Crippen LogP contribution < -0.4 is 0 Å². The van der Waals surface area contributed by atoms with Gasteiger partial charge in [0.2, 0.25) is 0 Å². The Balaban J connectivity index is 1.56. The first-order valence-corrected chi connectivity index (χ1v) is 9.43. The lowest BCUT2D eigenvalue weighted by atomic mass is 10.1. The van der Waals surface area contributed by atoms with E-state index in [1.807, 2.05) is 50.3 Å². The fourth-order valence-corrected chi connectivity index (χ4v) is 4.17. The van der Waals surface area contributed by atoms with E-state index in [1.165, 1.54) is 11.8 Å². The summed E-state index contributed by atoms with van der Waals surface area (Å²) in [5.74, 6) is -0.197. The number of ether oxygens (including phenoxy) is 1. The molecule has 4 rings (SSSR count). The number of nitrogens with zero attached hydrogens (tertiary/aromatic N) is 3. The predicted octanol–water partition coefficient (Wildman–Crippen LogP) is 3.16. The van der Waals surface area contributed by atoms with E-state index in [2.05, 4.69) is 20.1 Å². The topological polar surface area (TPSA) is 70.6 Å². The zero-order chi connectivity index (χ0) is 18.1. The number of H-pyrrole nitrogens is 1. The maximum Gasteiger partial charge on any atom is 0.286 e. The number of nitrogens with one attached hydrogen (secondary N) is 1. The SMILES string of the molecule is C[C@@H]1CN(C2=NC(=O)/C(=C\c3cn[nH]c3-c3ccccc3)S2)C[C@H](C)O1. The van der Waals surface area contributed by atoms with E-state index in [0.717, 1.165) is 35.1 Å². The zero-order valence-electron chi connectivity index (χ0n) is 14.7. The Hall–Kier alpha value is -2.38. The maximum atomic E-state index is 12.4. The van der Waals surface area contributed by atoms with Crippen LogP contribution in [0.15, 0.2) is 46.4 Å². The van der Waals surface area contributed by atoms with Crippen molar-refractivity contribution >= 4 is 28.9 Å². The number of hydrogen-bond donors (Lipinski definition) is 1. The molecule has 1 amide bonds. The van der Waals surface area contributed by atoms with Crippen LogP contribution in [-0.2, 0) is 9.53 Å². The Kier molecular flexibility index (Phi) is 4.65. The molecule has 0 spiro atoms. The molecule has 1 aromatic heterocycles. The van der Waals surface area contributed by atoms with Crippen LogP contribution in [0, 0.1) is 0 Å². The molecule has 0 saturated carbocycles. The number of thioether (sulfide) groups is 1. The van der Waals surface area contributed by atoms with Crippen molar-refractivity contribution in [3.05, 3.63) is 47.0 Å². The van der Waals surface area contributed by atoms with Crippen molar-refractivity contribution in [1.82, 2.24) is 15.1 Å². The Morgan fingerprint density at radius 3 is 2.69 bits per heavy atom. The molecule has 2 aliphatic heterocycles. The van der Waals surface area contributed by atoms with Gasteiger partial charge in [0.1, 0.15) is 0 Å². The molecule has 2 aliphatic rings. The molecule has 7 heteroatoms. The molecular formula is C19H20N4O2S. The first-order chi connectivity index (χ1) is 12.6. The molecule has 134 valence electrons. The molecule has 0 aliphatic carbocycles. The molecule has 6 nitrogen and oxygen atoms in total. The molecule has 2 aromatic rings. The van der Waals surface area contributed by atoms with E-state index in [0.29, 0.717) is 4.91 Å². The van der Waals surface area contributed by atoms with E-state index >= 15 is 0 Å². The van der Waals surface area contributed by atoms with Crippen molar-refractivity contribution in [1.29, 1.82) is 0 Å². The number of rotatable bonds is 2. The Morgan fingerprint density at radius 2 is 1.96 bits per heavy atom. The number of carbonyl (C=O) groups is 1.